The third-order valence-electron chi connectivity index (χ3n) is 4.29. The fourth-order valence-electron chi connectivity index (χ4n) is 2.76. The molecule has 6 nitrogen and oxygen atoms in total. The summed E-state index contributed by atoms with van der Waals surface area (Å²) in [6.45, 7) is 0.595. The number of ketones is 1. The van der Waals surface area contributed by atoms with Crippen LogP contribution in [0.2, 0.25) is 0 Å². The highest BCUT2D eigenvalue weighted by Gasteiger charge is 2.14. The quantitative estimate of drug-likeness (QED) is 0.420. The van der Waals surface area contributed by atoms with E-state index in [-0.39, 0.29) is 36.5 Å². The number of Topliss-reactive ketones (excluding diaryl/α,β-unsaturated/α-hetero) is 1. The minimum atomic E-state index is -0.374. The smallest absolute Gasteiger partial charge is 0.231 e. The molecule has 0 saturated carbocycles. The largest absolute Gasteiger partial charge is 0.454 e. The summed E-state index contributed by atoms with van der Waals surface area (Å²) in [5.74, 6) is 0.971. The fourth-order valence-corrected chi connectivity index (χ4v) is 4.50. The molecule has 0 fully saturated rings. The predicted octanol–water partition coefficient (Wildman–Crippen LogP) is 3.84. The standard InChI is InChI=1S/C21H17FN2O4S2/c22-15-4-2-14(3-5-15)17(25)11-30-21-24-16(10-29-21)8-20(26)23-9-13-1-6-18-19(7-13)28-12-27-18/h1-7,10H,8-9,11-12H2,(H,23,26). The summed E-state index contributed by atoms with van der Waals surface area (Å²) in [6, 6.07) is 11.0. The zero-order valence-electron chi connectivity index (χ0n) is 15.7. The molecule has 154 valence electrons. The van der Waals surface area contributed by atoms with Gasteiger partial charge in [0.05, 0.1) is 17.9 Å². The lowest BCUT2D eigenvalue weighted by molar-refractivity contribution is -0.120. The molecular weight excluding hydrogens is 427 g/mol. The van der Waals surface area contributed by atoms with Gasteiger partial charge in [-0.3, -0.25) is 9.59 Å². The number of fused-ring (bicyclic) bond motifs is 1. The number of aromatic nitrogens is 1. The number of hydrogen-bond donors (Lipinski definition) is 1. The van der Waals surface area contributed by atoms with E-state index in [1.165, 1.54) is 47.4 Å². The summed E-state index contributed by atoms with van der Waals surface area (Å²) < 4.78 is 24.3. The van der Waals surface area contributed by atoms with E-state index in [0.29, 0.717) is 33.6 Å². The first-order valence-electron chi connectivity index (χ1n) is 9.08. The van der Waals surface area contributed by atoms with E-state index in [4.69, 9.17) is 9.47 Å². The van der Waals surface area contributed by atoms with Gasteiger partial charge in [0, 0.05) is 17.5 Å². The molecule has 0 spiro atoms. The fraction of sp³-hybridized carbons (Fsp3) is 0.190. The van der Waals surface area contributed by atoms with Gasteiger partial charge in [0.1, 0.15) is 5.82 Å². The Morgan fingerprint density at radius 1 is 1.13 bits per heavy atom. The number of thioether (sulfide) groups is 1. The molecule has 1 N–H and O–H groups in total. The van der Waals surface area contributed by atoms with E-state index in [1.807, 2.05) is 23.6 Å². The Balaban J connectivity index is 1.24. The zero-order valence-corrected chi connectivity index (χ0v) is 17.4. The lowest BCUT2D eigenvalue weighted by Gasteiger charge is -2.05. The maximum atomic E-state index is 12.9. The van der Waals surface area contributed by atoms with Crippen molar-refractivity contribution in [2.45, 2.75) is 17.3 Å². The molecule has 0 unspecified atom stereocenters. The average molecular weight is 445 g/mol. The first-order chi connectivity index (χ1) is 14.6. The van der Waals surface area contributed by atoms with E-state index < -0.39 is 0 Å². The van der Waals surface area contributed by atoms with Crippen molar-refractivity contribution in [3.63, 3.8) is 0 Å². The molecule has 0 radical (unpaired) electrons. The van der Waals surface area contributed by atoms with Crippen molar-refractivity contribution in [2.75, 3.05) is 12.5 Å². The van der Waals surface area contributed by atoms with Crippen LogP contribution in [0.1, 0.15) is 21.6 Å². The van der Waals surface area contributed by atoms with Gasteiger partial charge < -0.3 is 14.8 Å². The van der Waals surface area contributed by atoms with Gasteiger partial charge in [0.2, 0.25) is 12.7 Å². The summed E-state index contributed by atoms with van der Waals surface area (Å²) in [4.78, 5) is 28.8. The summed E-state index contributed by atoms with van der Waals surface area (Å²) in [5.41, 5.74) is 2.03. The number of halogens is 1. The molecule has 1 amide bonds. The van der Waals surface area contributed by atoms with Crippen LogP contribution >= 0.6 is 23.1 Å². The maximum absolute atomic E-state index is 12.9. The minimum absolute atomic E-state index is 0.0989. The Labute approximate surface area is 180 Å². The van der Waals surface area contributed by atoms with E-state index in [0.717, 1.165) is 5.56 Å². The molecule has 1 aliphatic heterocycles. The van der Waals surface area contributed by atoms with Gasteiger partial charge in [-0.1, -0.05) is 17.8 Å². The molecule has 1 aliphatic rings. The van der Waals surface area contributed by atoms with Gasteiger partial charge in [-0.2, -0.15) is 0 Å². The summed E-state index contributed by atoms with van der Waals surface area (Å²) in [5, 5.41) is 4.67. The normalized spacial score (nSPS) is 12.0. The maximum Gasteiger partial charge on any atom is 0.231 e. The van der Waals surface area contributed by atoms with Crippen LogP contribution in [0.3, 0.4) is 0 Å². The van der Waals surface area contributed by atoms with Gasteiger partial charge in [0.25, 0.3) is 0 Å². The van der Waals surface area contributed by atoms with Crippen LogP contribution in [0.25, 0.3) is 0 Å². The van der Waals surface area contributed by atoms with Crippen molar-refractivity contribution >= 4 is 34.8 Å². The van der Waals surface area contributed by atoms with E-state index in [9.17, 15) is 14.0 Å². The van der Waals surface area contributed by atoms with Crippen molar-refractivity contribution in [2.24, 2.45) is 0 Å². The van der Waals surface area contributed by atoms with Crippen LogP contribution in [0.15, 0.2) is 52.2 Å². The molecule has 4 rings (SSSR count). The van der Waals surface area contributed by atoms with Crippen LogP contribution in [0.5, 0.6) is 11.5 Å². The number of rotatable bonds is 8. The summed E-state index contributed by atoms with van der Waals surface area (Å²) in [7, 11) is 0. The molecule has 0 aliphatic carbocycles. The molecule has 2 aromatic carbocycles. The average Bonchev–Trinajstić information content (AvgIpc) is 3.40. The minimum Gasteiger partial charge on any atom is -0.454 e. The van der Waals surface area contributed by atoms with E-state index in [2.05, 4.69) is 10.3 Å². The summed E-state index contributed by atoms with van der Waals surface area (Å²) in [6.07, 6.45) is 0.160. The molecule has 30 heavy (non-hydrogen) atoms. The van der Waals surface area contributed by atoms with Crippen LogP contribution in [-0.4, -0.2) is 29.2 Å². The molecule has 0 atom stereocenters. The van der Waals surface area contributed by atoms with Crippen LogP contribution in [0.4, 0.5) is 4.39 Å². The topological polar surface area (TPSA) is 77.5 Å². The van der Waals surface area contributed by atoms with Crippen LogP contribution in [0, 0.1) is 5.82 Å². The second kappa shape index (κ2) is 9.27. The third-order valence-corrected chi connectivity index (χ3v) is 6.36. The zero-order chi connectivity index (χ0) is 20.9. The number of hydrogen-bond acceptors (Lipinski definition) is 7. The Bertz CT molecular complexity index is 1070. The molecule has 2 heterocycles. The number of benzene rings is 2. The van der Waals surface area contributed by atoms with Crippen molar-refractivity contribution in [3.8, 4) is 11.5 Å². The van der Waals surface area contributed by atoms with Crippen molar-refractivity contribution in [3.05, 3.63) is 70.5 Å². The number of thiazole rings is 1. The lowest BCUT2D eigenvalue weighted by Crippen LogP contribution is -2.24. The Kier molecular flexibility index (Phi) is 6.29. The van der Waals surface area contributed by atoms with Crippen LogP contribution < -0.4 is 14.8 Å². The SMILES string of the molecule is O=C(Cc1csc(SCC(=O)c2ccc(F)cc2)n1)NCc1ccc2c(c1)OCO2. The van der Waals surface area contributed by atoms with Crippen molar-refractivity contribution < 1.29 is 23.5 Å². The van der Waals surface area contributed by atoms with Gasteiger partial charge >= 0.3 is 0 Å². The first-order valence-corrected chi connectivity index (χ1v) is 10.9. The van der Waals surface area contributed by atoms with E-state index in [1.54, 1.807) is 0 Å². The number of amides is 1. The lowest BCUT2D eigenvalue weighted by atomic mass is 10.1. The highest BCUT2D eigenvalue weighted by molar-refractivity contribution is 8.01. The second-order valence-corrected chi connectivity index (χ2v) is 8.55. The van der Waals surface area contributed by atoms with Gasteiger partial charge in [-0.05, 0) is 42.0 Å². The highest BCUT2D eigenvalue weighted by Crippen LogP contribution is 2.32. The Hall–Kier alpha value is -2.91. The van der Waals surface area contributed by atoms with Crippen molar-refractivity contribution in [1.82, 2.24) is 10.3 Å². The third kappa shape index (κ3) is 5.17. The molecule has 9 heteroatoms. The van der Waals surface area contributed by atoms with E-state index >= 15 is 0 Å². The Morgan fingerprint density at radius 2 is 1.93 bits per heavy atom. The molecule has 3 aromatic rings. The van der Waals surface area contributed by atoms with Crippen molar-refractivity contribution in [1.29, 1.82) is 0 Å². The summed E-state index contributed by atoms with van der Waals surface area (Å²) >= 11 is 2.69. The number of ether oxygens (including phenoxy) is 2. The Morgan fingerprint density at radius 3 is 2.77 bits per heavy atom. The molecular formula is C21H17FN2O4S2. The second-order valence-electron chi connectivity index (χ2n) is 6.46. The monoisotopic (exact) mass is 444 g/mol. The van der Waals surface area contributed by atoms with Gasteiger partial charge in [-0.25, -0.2) is 9.37 Å². The molecule has 0 bridgehead atoms. The molecule has 0 saturated heterocycles. The van der Waals surface area contributed by atoms with Gasteiger partial charge in [0.15, 0.2) is 21.6 Å². The molecule has 1 aromatic heterocycles. The number of carbonyl (C=O) groups excluding carboxylic acids is 2. The predicted molar refractivity (Wildman–Crippen MR) is 112 cm³/mol. The number of carbonyl (C=O) groups is 2. The van der Waals surface area contributed by atoms with Crippen LogP contribution in [-0.2, 0) is 17.8 Å². The van der Waals surface area contributed by atoms with Gasteiger partial charge in [-0.15, -0.1) is 11.3 Å². The number of nitrogens with zero attached hydrogens (tertiary/aromatic N) is 1. The number of nitrogens with one attached hydrogen (secondary N) is 1. The highest BCUT2D eigenvalue weighted by atomic mass is 32.2. The first kappa shape index (κ1) is 20.4.